The third-order valence-corrected chi connectivity index (χ3v) is 3.26. The Morgan fingerprint density at radius 2 is 2.18 bits per heavy atom. The number of benzene rings is 1. The number of pyridine rings is 1. The van der Waals surface area contributed by atoms with E-state index < -0.39 is 6.10 Å². The normalized spacial score (nSPS) is 16.2. The standard InChI is InChI=1S/C16H15N3O3/c1-10-6-7-17-14(8-10)19-15(20)9-13-16(21)18-11-4-2-3-5-12(11)22-13/h2-8,13H,9H2,1H3,(H,18,21)(H,17,19,20). The van der Waals surface area contributed by atoms with E-state index in [1.165, 1.54) is 0 Å². The van der Waals surface area contributed by atoms with E-state index >= 15 is 0 Å². The van der Waals surface area contributed by atoms with Crippen molar-refractivity contribution in [3.05, 3.63) is 48.2 Å². The van der Waals surface area contributed by atoms with Crippen LogP contribution in [0.2, 0.25) is 0 Å². The molecule has 6 heteroatoms. The summed E-state index contributed by atoms with van der Waals surface area (Å²) in [5.41, 5.74) is 1.61. The zero-order valence-corrected chi connectivity index (χ0v) is 12.0. The van der Waals surface area contributed by atoms with Crippen molar-refractivity contribution < 1.29 is 14.3 Å². The van der Waals surface area contributed by atoms with Crippen molar-refractivity contribution in [3.8, 4) is 5.75 Å². The summed E-state index contributed by atoms with van der Waals surface area (Å²) in [6.07, 6.45) is 0.695. The predicted octanol–water partition coefficient (Wildman–Crippen LogP) is 2.12. The lowest BCUT2D eigenvalue weighted by atomic mass is 10.1. The molecule has 1 unspecified atom stereocenters. The monoisotopic (exact) mass is 297 g/mol. The molecule has 0 spiro atoms. The third-order valence-electron chi connectivity index (χ3n) is 3.26. The second kappa shape index (κ2) is 5.85. The Morgan fingerprint density at radius 3 is 3.00 bits per heavy atom. The predicted molar refractivity (Wildman–Crippen MR) is 81.7 cm³/mol. The number of fused-ring (bicyclic) bond motifs is 1. The molecule has 3 rings (SSSR count). The maximum Gasteiger partial charge on any atom is 0.266 e. The first-order valence-corrected chi connectivity index (χ1v) is 6.91. The van der Waals surface area contributed by atoms with Crippen LogP contribution < -0.4 is 15.4 Å². The van der Waals surface area contributed by atoms with Crippen molar-refractivity contribution in [2.75, 3.05) is 10.6 Å². The fourth-order valence-corrected chi connectivity index (χ4v) is 2.19. The molecule has 0 saturated heterocycles. The lowest BCUT2D eigenvalue weighted by Crippen LogP contribution is -2.39. The summed E-state index contributed by atoms with van der Waals surface area (Å²) in [5, 5.41) is 5.39. The van der Waals surface area contributed by atoms with Crippen LogP contribution in [-0.2, 0) is 9.59 Å². The van der Waals surface area contributed by atoms with E-state index in [0.717, 1.165) is 5.56 Å². The van der Waals surface area contributed by atoms with Gasteiger partial charge in [-0.1, -0.05) is 12.1 Å². The quantitative estimate of drug-likeness (QED) is 0.909. The van der Waals surface area contributed by atoms with Gasteiger partial charge in [0.2, 0.25) is 5.91 Å². The highest BCUT2D eigenvalue weighted by atomic mass is 16.5. The highest BCUT2D eigenvalue weighted by molar-refractivity contribution is 6.01. The molecule has 1 aliphatic heterocycles. The summed E-state index contributed by atoms with van der Waals surface area (Å²) in [6.45, 7) is 1.91. The van der Waals surface area contributed by atoms with Gasteiger partial charge in [-0.15, -0.1) is 0 Å². The number of rotatable bonds is 3. The average molecular weight is 297 g/mol. The number of aromatic nitrogens is 1. The summed E-state index contributed by atoms with van der Waals surface area (Å²) in [4.78, 5) is 28.1. The molecule has 2 amide bonds. The Hall–Kier alpha value is -2.89. The molecule has 1 atom stereocenters. The van der Waals surface area contributed by atoms with Gasteiger partial charge in [-0.05, 0) is 36.8 Å². The molecule has 6 nitrogen and oxygen atoms in total. The van der Waals surface area contributed by atoms with Crippen molar-refractivity contribution in [1.29, 1.82) is 0 Å². The van der Waals surface area contributed by atoms with E-state index in [9.17, 15) is 9.59 Å². The lowest BCUT2D eigenvalue weighted by molar-refractivity contribution is -0.128. The van der Waals surface area contributed by atoms with Gasteiger partial charge in [-0.3, -0.25) is 9.59 Å². The van der Waals surface area contributed by atoms with Crippen molar-refractivity contribution in [2.24, 2.45) is 0 Å². The van der Waals surface area contributed by atoms with E-state index in [4.69, 9.17) is 4.74 Å². The number of hydrogen-bond donors (Lipinski definition) is 2. The number of hydrogen-bond acceptors (Lipinski definition) is 4. The fraction of sp³-hybridized carbons (Fsp3) is 0.188. The first-order chi connectivity index (χ1) is 10.6. The smallest absolute Gasteiger partial charge is 0.266 e. The van der Waals surface area contributed by atoms with Gasteiger partial charge in [0, 0.05) is 6.20 Å². The van der Waals surface area contributed by atoms with Crippen molar-refractivity contribution >= 4 is 23.3 Å². The van der Waals surface area contributed by atoms with Crippen molar-refractivity contribution in [1.82, 2.24) is 4.98 Å². The third kappa shape index (κ3) is 3.06. The summed E-state index contributed by atoms with van der Waals surface area (Å²) >= 11 is 0. The molecule has 1 aromatic heterocycles. The number of carbonyl (C=O) groups is 2. The molecule has 1 aromatic carbocycles. The largest absolute Gasteiger partial charge is 0.478 e. The van der Waals surface area contributed by atoms with E-state index in [-0.39, 0.29) is 18.2 Å². The molecule has 0 aliphatic carbocycles. The van der Waals surface area contributed by atoms with Gasteiger partial charge in [0.1, 0.15) is 11.6 Å². The minimum Gasteiger partial charge on any atom is -0.478 e. The van der Waals surface area contributed by atoms with Gasteiger partial charge in [-0.25, -0.2) is 4.98 Å². The van der Waals surface area contributed by atoms with Gasteiger partial charge in [0.25, 0.3) is 5.91 Å². The van der Waals surface area contributed by atoms with Gasteiger partial charge in [0.15, 0.2) is 6.10 Å². The Labute approximate surface area is 127 Å². The Morgan fingerprint density at radius 1 is 1.36 bits per heavy atom. The number of para-hydroxylation sites is 2. The van der Waals surface area contributed by atoms with Crippen molar-refractivity contribution in [2.45, 2.75) is 19.4 Å². The summed E-state index contributed by atoms with van der Waals surface area (Å²) in [7, 11) is 0. The molecule has 22 heavy (non-hydrogen) atoms. The molecule has 2 heterocycles. The van der Waals surface area contributed by atoms with Crippen LogP contribution in [0, 0.1) is 6.92 Å². The fourth-order valence-electron chi connectivity index (χ4n) is 2.19. The minimum absolute atomic E-state index is 0.0736. The molecule has 0 bridgehead atoms. The van der Waals surface area contributed by atoms with Crippen molar-refractivity contribution in [3.63, 3.8) is 0 Å². The zero-order valence-electron chi connectivity index (χ0n) is 12.0. The molecule has 2 aromatic rings. The van der Waals surface area contributed by atoms with Gasteiger partial charge in [0.05, 0.1) is 12.1 Å². The molecular weight excluding hydrogens is 282 g/mol. The van der Waals surface area contributed by atoms with Crippen LogP contribution in [0.15, 0.2) is 42.6 Å². The van der Waals surface area contributed by atoms with Gasteiger partial charge < -0.3 is 15.4 Å². The Balaban J connectivity index is 1.66. The number of aryl methyl sites for hydroxylation is 1. The summed E-state index contributed by atoms with van der Waals surface area (Å²) in [6, 6.07) is 10.7. The number of nitrogens with one attached hydrogen (secondary N) is 2. The minimum atomic E-state index is -0.847. The van der Waals surface area contributed by atoms with E-state index in [0.29, 0.717) is 17.3 Å². The van der Waals surface area contributed by atoms with E-state index in [1.54, 1.807) is 30.5 Å². The SMILES string of the molecule is Cc1ccnc(NC(=O)CC2Oc3ccccc3NC2=O)c1. The molecule has 0 fully saturated rings. The molecule has 1 aliphatic rings. The molecule has 2 N–H and O–H groups in total. The first kappa shape index (κ1) is 14.1. The average Bonchev–Trinajstić information content (AvgIpc) is 2.48. The van der Waals surface area contributed by atoms with Gasteiger partial charge in [-0.2, -0.15) is 0 Å². The van der Waals surface area contributed by atoms with Crippen LogP contribution in [0.3, 0.4) is 0 Å². The first-order valence-electron chi connectivity index (χ1n) is 6.91. The summed E-state index contributed by atoms with van der Waals surface area (Å²) < 4.78 is 5.58. The number of carbonyl (C=O) groups excluding carboxylic acids is 2. The van der Waals surface area contributed by atoms with Crippen LogP contribution >= 0.6 is 0 Å². The van der Waals surface area contributed by atoms with Crippen LogP contribution in [0.25, 0.3) is 0 Å². The zero-order chi connectivity index (χ0) is 15.5. The van der Waals surface area contributed by atoms with E-state index in [1.807, 2.05) is 19.1 Å². The highest BCUT2D eigenvalue weighted by Crippen LogP contribution is 2.29. The molecule has 0 radical (unpaired) electrons. The number of amides is 2. The Bertz CT molecular complexity index is 730. The van der Waals surface area contributed by atoms with Crippen LogP contribution in [-0.4, -0.2) is 22.9 Å². The number of nitrogens with zero attached hydrogens (tertiary/aromatic N) is 1. The van der Waals surface area contributed by atoms with Crippen LogP contribution in [0.1, 0.15) is 12.0 Å². The maximum atomic E-state index is 12.0. The second-order valence-corrected chi connectivity index (χ2v) is 5.06. The second-order valence-electron chi connectivity index (χ2n) is 5.06. The topological polar surface area (TPSA) is 80.3 Å². The molecule has 112 valence electrons. The van der Waals surface area contributed by atoms with Gasteiger partial charge >= 0.3 is 0 Å². The number of anilines is 2. The maximum absolute atomic E-state index is 12.0. The Kier molecular flexibility index (Phi) is 3.74. The molecule has 0 saturated carbocycles. The highest BCUT2D eigenvalue weighted by Gasteiger charge is 2.29. The lowest BCUT2D eigenvalue weighted by Gasteiger charge is -2.25. The van der Waals surface area contributed by atoms with Crippen LogP contribution in [0.5, 0.6) is 5.75 Å². The van der Waals surface area contributed by atoms with E-state index in [2.05, 4.69) is 15.6 Å². The van der Waals surface area contributed by atoms with Crippen LogP contribution in [0.4, 0.5) is 11.5 Å². The summed E-state index contributed by atoms with van der Waals surface area (Å²) in [5.74, 6) is 0.374. The number of ether oxygens (including phenoxy) is 1. The molecular formula is C16H15N3O3.